The second-order valence-corrected chi connectivity index (χ2v) is 7.18. The summed E-state index contributed by atoms with van der Waals surface area (Å²) in [5, 5.41) is 11.5. The number of nitrogens with zero attached hydrogens (tertiary/aromatic N) is 4. The van der Waals surface area contributed by atoms with Crippen LogP contribution in [0.3, 0.4) is 0 Å². The average molecular weight is 396 g/mol. The van der Waals surface area contributed by atoms with Gasteiger partial charge < -0.3 is 19.4 Å². The van der Waals surface area contributed by atoms with E-state index >= 15 is 0 Å². The molecule has 0 spiro atoms. The van der Waals surface area contributed by atoms with Gasteiger partial charge in [0.05, 0.1) is 18.1 Å². The first-order valence-corrected chi connectivity index (χ1v) is 9.82. The molecule has 2 aliphatic rings. The van der Waals surface area contributed by atoms with E-state index < -0.39 is 0 Å². The second-order valence-electron chi connectivity index (χ2n) is 7.18. The Balaban J connectivity index is 1.52. The molecule has 2 aliphatic heterocycles. The molecule has 152 valence electrons. The van der Waals surface area contributed by atoms with Gasteiger partial charge in [0, 0.05) is 62.3 Å². The van der Waals surface area contributed by atoms with Crippen LogP contribution in [0, 0.1) is 10.1 Å². The molecule has 2 fully saturated rings. The number of nitro groups is 1. The van der Waals surface area contributed by atoms with E-state index in [0.717, 1.165) is 43.8 Å². The highest BCUT2D eigenvalue weighted by Crippen LogP contribution is 2.34. The molecule has 4 rings (SSSR count). The van der Waals surface area contributed by atoms with Crippen LogP contribution in [0.25, 0.3) is 0 Å². The Hall–Kier alpha value is -3.13. The molecule has 2 heterocycles. The van der Waals surface area contributed by atoms with Crippen molar-refractivity contribution in [1.82, 2.24) is 0 Å². The van der Waals surface area contributed by atoms with E-state index in [4.69, 9.17) is 4.74 Å². The lowest BCUT2D eigenvalue weighted by molar-refractivity contribution is -0.384. The lowest BCUT2D eigenvalue weighted by atomic mass is 10.1. The molecule has 2 aromatic rings. The van der Waals surface area contributed by atoms with Gasteiger partial charge in [0.1, 0.15) is 5.69 Å². The van der Waals surface area contributed by atoms with Crippen molar-refractivity contribution in [3.8, 4) is 0 Å². The molecule has 0 atom stereocenters. The highest BCUT2D eigenvalue weighted by Gasteiger charge is 2.25. The molecule has 0 radical (unpaired) electrons. The van der Waals surface area contributed by atoms with Crippen molar-refractivity contribution >= 4 is 29.0 Å². The Bertz CT molecular complexity index is 890. The quantitative estimate of drug-likeness (QED) is 0.437. The molecule has 8 heteroatoms. The molecule has 0 unspecified atom stereocenters. The average Bonchev–Trinajstić information content (AvgIpc) is 2.79. The Kier molecular flexibility index (Phi) is 5.62. The molecule has 29 heavy (non-hydrogen) atoms. The predicted octanol–water partition coefficient (Wildman–Crippen LogP) is 2.57. The topological polar surface area (TPSA) is 79.2 Å². The summed E-state index contributed by atoms with van der Waals surface area (Å²) in [5.41, 5.74) is 3.44. The van der Waals surface area contributed by atoms with Gasteiger partial charge in [0.15, 0.2) is 6.29 Å². The summed E-state index contributed by atoms with van der Waals surface area (Å²) in [6.45, 7) is 5.61. The van der Waals surface area contributed by atoms with Gasteiger partial charge in [-0.1, -0.05) is 12.1 Å². The number of morpholine rings is 1. The number of nitro benzene ring substituents is 1. The number of carbonyl (C=O) groups is 1. The lowest BCUT2D eigenvalue weighted by Gasteiger charge is -2.38. The molecule has 0 saturated carbocycles. The van der Waals surface area contributed by atoms with E-state index in [1.165, 1.54) is 0 Å². The number of anilines is 3. The number of hydrogen-bond acceptors (Lipinski definition) is 7. The maximum atomic E-state index is 11.5. The minimum atomic E-state index is -0.317. The maximum absolute atomic E-state index is 11.5. The minimum absolute atomic E-state index is 0.134. The summed E-state index contributed by atoms with van der Waals surface area (Å²) in [6, 6.07) is 13.0. The van der Waals surface area contributed by atoms with Crippen molar-refractivity contribution in [3.63, 3.8) is 0 Å². The van der Waals surface area contributed by atoms with E-state index in [1.807, 2.05) is 41.3 Å². The normalized spacial score (nSPS) is 17.3. The van der Waals surface area contributed by atoms with Crippen LogP contribution in [-0.4, -0.2) is 63.7 Å². The van der Waals surface area contributed by atoms with Crippen molar-refractivity contribution in [2.24, 2.45) is 0 Å². The number of aldehydes is 1. The minimum Gasteiger partial charge on any atom is -0.378 e. The Morgan fingerprint density at radius 1 is 0.862 bits per heavy atom. The maximum Gasteiger partial charge on any atom is 0.292 e. The fourth-order valence-electron chi connectivity index (χ4n) is 4.00. The van der Waals surface area contributed by atoms with Crippen molar-refractivity contribution in [3.05, 3.63) is 58.1 Å². The van der Waals surface area contributed by atoms with Crippen LogP contribution < -0.4 is 14.7 Å². The van der Waals surface area contributed by atoms with Crippen LogP contribution in [0.15, 0.2) is 42.5 Å². The Morgan fingerprint density at radius 2 is 1.52 bits per heavy atom. The first kappa shape index (κ1) is 19.2. The molecular weight excluding hydrogens is 372 g/mol. The van der Waals surface area contributed by atoms with E-state index in [9.17, 15) is 14.9 Å². The van der Waals surface area contributed by atoms with Crippen LogP contribution in [0.4, 0.5) is 22.7 Å². The van der Waals surface area contributed by atoms with E-state index in [0.29, 0.717) is 37.6 Å². The zero-order chi connectivity index (χ0) is 20.2. The fourth-order valence-corrected chi connectivity index (χ4v) is 4.00. The molecule has 0 aliphatic carbocycles. The third-order valence-corrected chi connectivity index (χ3v) is 5.56. The van der Waals surface area contributed by atoms with Gasteiger partial charge in [-0.25, -0.2) is 0 Å². The number of benzene rings is 2. The molecular formula is C21H24N4O4. The summed E-state index contributed by atoms with van der Waals surface area (Å²) < 4.78 is 5.39. The van der Waals surface area contributed by atoms with Crippen LogP contribution in [0.5, 0.6) is 0 Å². The number of rotatable bonds is 5. The van der Waals surface area contributed by atoms with Crippen LogP contribution in [0.2, 0.25) is 0 Å². The van der Waals surface area contributed by atoms with E-state index in [1.54, 1.807) is 6.07 Å². The highest BCUT2D eigenvalue weighted by atomic mass is 16.6. The Morgan fingerprint density at radius 3 is 2.21 bits per heavy atom. The van der Waals surface area contributed by atoms with E-state index in [-0.39, 0.29) is 10.6 Å². The van der Waals surface area contributed by atoms with E-state index in [2.05, 4.69) is 9.80 Å². The smallest absolute Gasteiger partial charge is 0.292 e. The summed E-state index contributed by atoms with van der Waals surface area (Å²) in [4.78, 5) is 29.0. The summed E-state index contributed by atoms with van der Waals surface area (Å²) in [7, 11) is 0. The zero-order valence-electron chi connectivity index (χ0n) is 16.2. The van der Waals surface area contributed by atoms with Gasteiger partial charge in [-0.3, -0.25) is 14.9 Å². The first-order chi connectivity index (χ1) is 14.2. The van der Waals surface area contributed by atoms with Crippen LogP contribution in [0.1, 0.15) is 10.4 Å². The third kappa shape index (κ3) is 4.02. The predicted molar refractivity (Wildman–Crippen MR) is 112 cm³/mol. The van der Waals surface area contributed by atoms with Gasteiger partial charge in [-0.05, 0) is 24.3 Å². The summed E-state index contributed by atoms with van der Waals surface area (Å²) >= 11 is 0. The molecule has 8 nitrogen and oxygen atoms in total. The molecule has 2 saturated heterocycles. The molecule has 0 N–H and O–H groups in total. The summed E-state index contributed by atoms with van der Waals surface area (Å²) in [6.07, 6.45) is 0.895. The monoisotopic (exact) mass is 396 g/mol. The van der Waals surface area contributed by atoms with Gasteiger partial charge in [-0.2, -0.15) is 0 Å². The largest absolute Gasteiger partial charge is 0.378 e. The highest BCUT2D eigenvalue weighted by molar-refractivity contribution is 5.84. The SMILES string of the molecule is O=Cc1ccccc1N1CCN(c2ccc([N+](=O)[O-])c(N3CCOCC3)c2)CC1. The molecule has 0 amide bonds. The Labute approximate surface area is 169 Å². The lowest BCUT2D eigenvalue weighted by Crippen LogP contribution is -2.47. The van der Waals surface area contributed by atoms with Crippen molar-refractivity contribution in [1.29, 1.82) is 0 Å². The summed E-state index contributed by atoms with van der Waals surface area (Å²) in [5.74, 6) is 0. The van der Waals surface area contributed by atoms with Gasteiger partial charge >= 0.3 is 0 Å². The number of carbonyl (C=O) groups excluding carboxylic acids is 1. The number of piperazine rings is 1. The van der Waals surface area contributed by atoms with Gasteiger partial charge in [0.25, 0.3) is 5.69 Å². The molecule has 0 bridgehead atoms. The van der Waals surface area contributed by atoms with Crippen LogP contribution >= 0.6 is 0 Å². The van der Waals surface area contributed by atoms with Crippen molar-refractivity contribution in [2.75, 3.05) is 67.2 Å². The van der Waals surface area contributed by atoms with Crippen molar-refractivity contribution in [2.45, 2.75) is 0 Å². The zero-order valence-corrected chi connectivity index (χ0v) is 16.2. The molecule has 0 aromatic heterocycles. The van der Waals surface area contributed by atoms with Crippen LogP contribution in [-0.2, 0) is 4.74 Å². The van der Waals surface area contributed by atoms with Crippen molar-refractivity contribution < 1.29 is 14.5 Å². The number of ether oxygens (including phenoxy) is 1. The number of para-hydroxylation sites is 1. The number of hydrogen-bond donors (Lipinski definition) is 0. The fraction of sp³-hybridized carbons (Fsp3) is 0.381. The van der Waals surface area contributed by atoms with Gasteiger partial charge in [0.2, 0.25) is 0 Å². The third-order valence-electron chi connectivity index (χ3n) is 5.56. The first-order valence-electron chi connectivity index (χ1n) is 9.82. The van der Waals surface area contributed by atoms with Gasteiger partial charge in [-0.15, -0.1) is 0 Å². The molecule has 2 aromatic carbocycles. The standard InChI is InChI=1S/C21H24N4O4/c26-16-17-3-1-2-4-19(17)23-9-7-22(8-10-23)18-5-6-20(25(27)28)21(15-18)24-11-13-29-14-12-24/h1-6,15-16H,7-14H2. The second kappa shape index (κ2) is 8.48.